The van der Waals surface area contributed by atoms with Crippen LogP contribution in [-0.4, -0.2) is 20.3 Å². The van der Waals surface area contributed by atoms with Crippen LogP contribution in [-0.2, 0) is 20.6 Å². The predicted octanol–water partition coefficient (Wildman–Crippen LogP) is 5.05. The first-order chi connectivity index (χ1) is 10.8. The van der Waals surface area contributed by atoms with Crippen molar-refractivity contribution in [2.75, 3.05) is 0 Å². The van der Waals surface area contributed by atoms with Gasteiger partial charge in [-0.3, -0.25) is 0 Å². The van der Waals surface area contributed by atoms with Crippen LogP contribution in [0.5, 0.6) is 0 Å². The van der Waals surface area contributed by atoms with Crippen molar-refractivity contribution in [1.29, 1.82) is 0 Å². The maximum absolute atomic E-state index is 12.3. The molecule has 0 spiro atoms. The number of halogens is 9. The van der Waals surface area contributed by atoms with Crippen molar-refractivity contribution in [2.24, 2.45) is 14.1 Å². The summed E-state index contributed by atoms with van der Waals surface area (Å²) < 4.78 is 101. The molecule has 14 heteroatoms. The fourth-order valence-corrected chi connectivity index (χ4v) is 1.82. The van der Waals surface area contributed by atoms with Gasteiger partial charge in [0.25, 0.3) is 0 Å². The van der Waals surface area contributed by atoms with E-state index < -0.39 is 20.4 Å². The molecule has 2 heterocycles. The van der Waals surface area contributed by atoms with Crippen molar-refractivity contribution in [2.45, 2.75) is 19.1 Å². The van der Waals surface area contributed by atoms with Crippen molar-refractivity contribution in [3.05, 3.63) is 24.8 Å². The molecule has 0 amide bonds. The molecule has 0 saturated heterocycles. The average Bonchev–Trinajstić information content (AvgIpc) is 2.88. The second kappa shape index (κ2) is 5.89. The van der Waals surface area contributed by atoms with Gasteiger partial charge in [-0.1, -0.05) is 0 Å². The minimum atomic E-state index is -10.7. The van der Waals surface area contributed by atoms with E-state index in [1.54, 1.807) is 45.5 Å². The van der Waals surface area contributed by atoms with Crippen LogP contribution in [0, 0.1) is 0 Å². The second-order valence-corrected chi connectivity index (χ2v) is 7.03. The molecule has 0 aliphatic rings. The number of aryl methyl sites for hydroxylation is 3. The molecule has 0 bridgehead atoms. The molecule has 0 N–H and O–H groups in total. The van der Waals surface area contributed by atoms with Crippen LogP contribution < -0.4 is 4.57 Å². The summed E-state index contributed by atoms with van der Waals surface area (Å²) >= 11 is 0. The van der Waals surface area contributed by atoms with Gasteiger partial charge in [0.2, 0.25) is 5.82 Å². The first kappa shape index (κ1) is 21.3. The van der Waals surface area contributed by atoms with Gasteiger partial charge in [0.15, 0.2) is 0 Å². The molecule has 0 unspecified atom stereocenters. The Bertz CT molecular complexity index is 715. The fourth-order valence-electron chi connectivity index (χ4n) is 1.82. The Morgan fingerprint density at radius 2 is 1.60 bits per heavy atom. The molecule has 146 valence electrons. The molecule has 0 aliphatic heterocycles. The molecule has 25 heavy (non-hydrogen) atoms. The van der Waals surface area contributed by atoms with E-state index in [0.29, 0.717) is 11.6 Å². The van der Waals surface area contributed by atoms with Crippen LogP contribution in [0.15, 0.2) is 24.8 Å². The van der Waals surface area contributed by atoms with Crippen molar-refractivity contribution in [3.63, 3.8) is 0 Å². The summed E-state index contributed by atoms with van der Waals surface area (Å²) in [7, 11) is -7.06. The van der Waals surface area contributed by atoms with Crippen LogP contribution in [0.25, 0.3) is 11.6 Å². The Kier molecular flexibility index (Phi) is 5.01. The minimum absolute atomic E-state index is 0.105. The van der Waals surface area contributed by atoms with E-state index in [2.05, 4.69) is 4.98 Å². The standard InChI is InChI=1S/C11H14F3N4.F6P/c1-16-6-4-15-9(16)10-17(2)7-8-18(10)5-3-11(12,13)14;1-7(2,3,4,5)6/h4,6-8H,3,5H2,1-2H3;/q+1;-1. The predicted molar refractivity (Wildman–Crippen MR) is 72.1 cm³/mol. The molecule has 4 nitrogen and oxygen atoms in total. The summed E-state index contributed by atoms with van der Waals surface area (Å²) in [5.74, 6) is 1.30. The summed E-state index contributed by atoms with van der Waals surface area (Å²) in [6.07, 6.45) is 1.74. The molecular weight excluding hydrogens is 390 g/mol. The summed E-state index contributed by atoms with van der Waals surface area (Å²) in [6, 6.07) is 0. The molecule has 0 atom stereocenters. The Labute approximate surface area is 135 Å². The van der Waals surface area contributed by atoms with E-state index in [0.717, 1.165) is 0 Å². The zero-order valence-electron chi connectivity index (χ0n) is 12.9. The van der Waals surface area contributed by atoms with Crippen LogP contribution >= 0.6 is 7.81 Å². The first-order valence-electron chi connectivity index (χ1n) is 6.49. The number of alkyl halides is 3. The normalized spacial score (nSPS) is 15.2. The van der Waals surface area contributed by atoms with Gasteiger partial charge in [-0.05, 0) is 0 Å². The zero-order chi connectivity index (χ0) is 19.7. The number of hydrogen-bond donors (Lipinski definition) is 0. The molecule has 2 rings (SSSR count). The van der Waals surface area contributed by atoms with Gasteiger partial charge in [0.05, 0.1) is 20.0 Å². The van der Waals surface area contributed by atoms with Gasteiger partial charge in [-0.2, -0.15) is 13.2 Å². The summed E-state index contributed by atoms with van der Waals surface area (Å²) in [5.41, 5.74) is 0. The number of hydrogen-bond acceptors (Lipinski definition) is 1. The van der Waals surface area contributed by atoms with Gasteiger partial charge in [-0.15, -0.1) is 0 Å². The molecule has 0 fully saturated rings. The topological polar surface area (TPSA) is 26.6 Å². The Hall–Kier alpha value is -1.78. The van der Waals surface area contributed by atoms with Gasteiger partial charge < -0.3 is 4.57 Å². The van der Waals surface area contributed by atoms with Gasteiger partial charge in [-0.25, -0.2) is 14.1 Å². The third-order valence-electron chi connectivity index (χ3n) is 2.73. The van der Waals surface area contributed by atoms with E-state index in [4.69, 9.17) is 0 Å². The van der Waals surface area contributed by atoms with Gasteiger partial charge >= 0.3 is 45.0 Å². The third kappa shape index (κ3) is 9.32. The van der Waals surface area contributed by atoms with E-state index >= 15 is 0 Å². The molecule has 0 aromatic carbocycles. The van der Waals surface area contributed by atoms with E-state index in [1.807, 2.05) is 7.05 Å². The summed E-state index contributed by atoms with van der Waals surface area (Å²) in [6.45, 7) is -0.105. The average molecular weight is 404 g/mol. The van der Waals surface area contributed by atoms with E-state index in [-0.39, 0.29) is 6.54 Å². The van der Waals surface area contributed by atoms with Crippen molar-refractivity contribution in [3.8, 4) is 11.6 Å². The number of rotatable bonds is 3. The van der Waals surface area contributed by atoms with Gasteiger partial charge in [0.1, 0.15) is 12.4 Å². The van der Waals surface area contributed by atoms with E-state index in [1.165, 1.54) is 0 Å². The number of imidazole rings is 2. The SMILES string of the molecule is Cn1ccnc1-c1n(CCC(F)(F)F)cc[n+]1C.F[P-](F)(F)(F)(F)F. The second-order valence-electron chi connectivity index (χ2n) is 5.11. The van der Waals surface area contributed by atoms with Crippen molar-refractivity contribution < 1.29 is 42.9 Å². The van der Waals surface area contributed by atoms with Crippen molar-refractivity contribution >= 4 is 7.81 Å². The van der Waals surface area contributed by atoms with E-state index in [9.17, 15) is 38.4 Å². The molecular formula is C11H14F9N4P. The molecule has 2 aromatic rings. The Morgan fingerprint density at radius 1 is 1.08 bits per heavy atom. The number of nitrogens with zero attached hydrogens (tertiary/aromatic N) is 4. The monoisotopic (exact) mass is 404 g/mol. The van der Waals surface area contributed by atoms with Crippen molar-refractivity contribution in [1.82, 2.24) is 14.1 Å². The van der Waals surface area contributed by atoms with Gasteiger partial charge in [0, 0.05) is 19.4 Å². The van der Waals surface area contributed by atoms with Crippen LogP contribution in [0.2, 0.25) is 0 Å². The third-order valence-corrected chi connectivity index (χ3v) is 2.73. The maximum atomic E-state index is 12.3. The fraction of sp³-hybridized carbons (Fsp3) is 0.455. The molecule has 0 radical (unpaired) electrons. The van der Waals surface area contributed by atoms with Crippen LogP contribution in [0.1, 0.15) is 6.42 Å². The number of aromatic nitrogens is 4. The molecule has 0 saturated carbocycles. The summed E-state index contributed by atoms with van der Waals surface area (Å²) in [5, 5.41) is 0. The van der Waals surface area contributed by atoms with Crippen LogP contribution in [0.4, 0.5) is 38.4 Å². The Morgan fingerprint density at radius 3 is 2.00 bits per heavy atom. The molecule has 0 aliphatic carbocycles. The quantitative estimate of drug-likeness (QED) is 0.400. The molecule has 2 aromatic heterocycles. The Balaban J connectivity index is 0.000000381. The first-order valence-corrected chi connectivity index (χ1v) is 8.52. The van der Waals surface area contributed by atoms with Crippen LogP contribution in [0.3, 0.4) is 0 Å². The zero-order valence-corrected chi connectivity index (χ0v) is 13.8. The summed E-state index contributed by atoms with van der Waals surface area (Å²) in [4.78, 5) is 4.16.